The summed E-state index contributed by atoms with van der Waals surface area (Å²) < 4.78 is 6.59. The van der Waals surface area contributed by atoms with Crippen molar-refractivity contribution >= 4 is 103 Å². The summed E-state index contributed by atoms with van der Waals surface area (Å²) >= 11 is 0. The lowest BCUT2D eigenvalue weighted by Crippen LogP contribution is -2.51. The number of urea groups is 1. The van der Waals surface area contributed by atoms with E-state index in [-0.39, 0.29) is 73.8 Å². The highest BCUT2D eigenvalue weighted by Gasteiger charge is 2.26. The monoisotopic (exact) mass is 1090 g/mol. The van der Waals surface area contributed by atoms with Gasteiger partial charge in [0.25, 0.3) is 0 Å². The number of carboxylic acid groups (broad SMARTS) is 5. The summed E-state index contributed by atoms with van der Waals surface area (Å²) in [7, 11) is 0. The summed E-state index contributed by atoms with van der Waals surface area (Å²) in [4.78, 5) is 121. The van der Waals surface area contributed by atoms with E-state index in [9.17, 15) is 73.5 Å². The number of amides is 5. The lowest BCUT2D eigenvalue weighted by molar-refractivity contribution is -0.142. The fourth-order valence-corrected chi connectivity index (χ4v) is 8.92. The third kappa shape index (κ3) is 18.3. The van der Waals surface area contributed by atoms with E-state index in [4.69, 9.17) is 9.52 Å². The molecule has 22 heteroatoms. The van der Waals surface area contributed by atoms with Crippen molar-refractivity contribution in [3.63, 3.8) is 0 Å². The topological polar surface area (TPSA) is 365 Å². The van der Waals surface area contributed by atoms with Gasteiger partial charge in [-0.05, 0) is 136 Å². The minimum atomic E-state index is -1.52. The molecule has 0 aliphatic rings. The number of benzene rings is 4. The Morgan fingerprint density at radius 1 is 0.557 bits per heavy atom. The number of phenolic OH excluding ortho intramolecular Hbond substituents is 1. The van der Waals surface area contributed by atoms with Gasteiger partial charge in [-0.15, -0.1) is 0 Å². The Morgan fingerprint density at radius 3 is 1.63 bits per heavy atom. The summed E-state index contributed by atoms with van der Waals surface area (Å²) in [6, 6.07) is 11.5. The van der Waals surface area contributed by atoms with Gasteiger partial charge in [-0.1, -0.05) is 43.2 Å². The van der Waals surface area contributed by atoms with Crippen molar-refractivity contribution in [2.45, 2.75) is 121 Å². The zero-order valence-corrected chi connectivity index (χ0v) is 43.5. The molecule has 4 aromatic carbocycles. The first-order chi connectivity index (χ1) is 37.8. The van der Waals surface area contributed by atoms with Gasteiger partial charge in [0.2, 0.25) is 17.7 Å². The van der Waals surface area contributed by atoms with Crippen molar-refractivity contribution in [1.29, 1.82) is 0 Å². The molecule has 11 N–H and O–H groups in total. The second-order valence-corrected chi connectivity index (χ2v) is 18.8. The van der Waals surface area contributed by atoms with Crippen LogP contribution in [0.3, 0.4) is 0 Å². The minimum Gasteiger partial charge on any atom is -0.508 e. The van der Waals surface area contributed by atoms with Crippen LogP contribution in [0.1, 0.15) is 109 Å². The first-order valence-corrected chi connectivity index (χ1v) is 25.9. The Hall–Kier alpha value is -9.08. The van der Waals surface area contributed by atoms with Gasteiger partial charge in [0.1, 0.15) is 35.0 Å². The van der Waals surface area contributed by atoms with Gasteiger partial charge in [0.15, 0.2) is 5.43 Å². The van der Waals surface area contributed by atoms with Gasteiger partial charge < -0.3 is 61.6 Å². The van der Waals surface area contributed by atoms with E-state index in [0.717, 1.165) is 0 Å². The zero-order chi connectivity index (χ0) is 57.6. The molecule has 0 bridgehead atoms. The van der Waals surface area contributed by atoms with Crippen molar-refractivity contribution in [2.24, 2.45) is 0 Å². The number of aromatic hydroxyl groups is 1. The van der Waals surface area contributed by atoms with E-state index in [1.165, 1.54) is 36.4 Å². The number of hydrogen-bond acceptors (Lipinski definition) is 12. The second-order valence-electron chi connectivity index (χ2n) is 18.8. The van der Waals surface area contributed by atoms with Gasteiger partial charge >= 0.3 is 35.9 Å². The number of hydrogen-bond donors (Lipinski definition) is 11. The van der Waals surface area contributed by atoms with Crippen LogP contribution >= 0.6 is 0 Å². The molecule has 0 saturated carbocycles. The van der Waals surface area contributed by atoms with E-state index in [1.54, 1.807) is 49.4 Å². The molecule has 1 aromatic heterocycles. The molecule has 79 heavy (non-hydrogen) atoms. The number of carboxylic acids is 5. The summed E-state index contributed by atoms with van der Waals surface area (Å²) in [5.41, 5.74) is 1.58. The van der Waals surface area contributed by atoms with Crippen LogP contribution in [0.5, 0.6) is 5.75 Å². The third-order valence-corrected chi connectivity index (χ3v) is 12.9. The smallest absolute Gasteiger partial charge is 0.336 e. The number of carbonyl (C=O) groups is 9. The van der Waals surface area contributed by atoms with Crippen molar-refractivity contribution in [2.75, 3.05) is 13.1 Å². The molecule has 0 aliphatic heterocycles. The van der Waals surface area contributed by atoms with E-state index >= 15 is 0 Å². The molecule has 420 valence electrons. The molecular formula is C57H65N5O17. The van der Waals surface area contributed by atoms with Crippen molar-refractivity contribution in [3.05, 3.63) is 106 Å². The standard InChI is InChI=1S/C57H65N5O17/c1-2-37(50-41-23-19-33-31-35(63)21-25-38(33)51(41)79-52-39-26-22-36(64)32-34(39)20-24-42(50)52)40(53(70)71)13-7-8-17-47(66)59-29-11-9-14-43(54(72)73)60-48(67)18-6-4-3-5-16-46(65)58-30-12-10-15-44(55(74)75)61-57(78)62-45(56(76)77)27-28-49(68)69/h2,7-8,13,19-26,31-32,43-45,63H,3-6,9-12,14-18,27-30H2,1H3,(H,58,65)(H,59,66)(H,60,67)(H,68,69)(H,70,71)(H,72,73)(H,74,75)(H,76,77)(H2,61,62,78)/b8-7-,37-2+,40-13+/t43?,44-,45-/m0/s1. The van der Waals surface area contributed by atoms with E-state index in [0.29, 0.717) is 106 Å². The zero-order valence-electron chi connectivity index (χ0n) is 43.5. The van der Waals surface area contributed by atoms with Crippen molar-refractivity contribution in [3.8, 4) is 5.75 Å². The number of rotatable bonds is 32. The van der Waals surface area contributed by atoms with Crippen LogP contribution in [0.15, 0.2) is 99.8 Å². The second kappa shape index (κ2) is 30.0. The number of unbranched alkanes of at least 4 members (excludes halogenated alkanes) is 5. The van der Waals surface area contributed by atoms with E-state index < -0.39 is 72.8 Å². The highest BCUT2D eigenvalue weighted by atomic mass is 16.4. The number of aliphatic carboxylic acids is 5. The Balaban J connectivity index is 0.998. The van der Waals surface area contributed by atoms with Crippen LogP contribution < -0.4 is 32.0 Å². The summed E-state index contributed by atoms with van der Waals surface area (Å²) in [5.74, 6) is -7.45. The van der Waals surface area contributed by atoms with Gasteiger partial charge in [-0.3, -0.25) is 24.0 Å². The number of phenols is 1. The van der Waals surface area contributed by atoms with Crippen LogP contribution in [0.4, 0.5) is 4.79 Å². The number of fused-ring (bicyclic) bond motifs is 6. The Labute approximate surface area is 452 Å². The molecule has 5 amide bonds. The maximum atomic E-state index is 12.9. The first kappa shape index (κ1) is 60.8. The molecule has 1 heterocycles. The third-order valence-electron chi connectivity index (χ3n) is 12.9. The summed E-state index contributed by atoms with van der Waals surface area (Å²) in [6.45, 7) is 2.19. The van der Waals surface area contributed by atoms with E-state index in [1.807, 2.05) is 6.07 Å². The molecule has 0 spiro atoms. The Bertz CT molecular complexity index is 3250. The predicted molar refractivity (Wildman–Crippen MR) is 292 cm³/mol. The van der Waals surface area contributed by atoms with Gasteiger partial charge in [-0.2, -0.15) is 0 Å². The average Bonchev–Trinajstić information content (AvgIpc) is 3.53. The minimum absolute atomic E-state index is 0.0147. The molecule has 5 aromatic rings. The van der Waals surface area contributed by atoms with Crippen LogP contribution in [-0.2, 0) is 38.4 Å². The summed E-state index contributed by atoms with van der Waals surface area (Å²) in [5, 5.41) is 74.0. The lowest BCUT2D eigenvalue weighted by atomic mass is 9.89. The van der Waals surface area contributed by atoms with Crippen molar-refractivity contribution in [1.82, 2.24) is 26.6 Å². The Morgan fingerprint density at radius 2 is 1.08 bits per heavy atom. The molecule has 0 radical (unpaired) electrons. The van der Waals surface area contributed by atoms with Gasteiger partial charge in [-0.25, -0.2) is 24.0 Å². The molecule has 0 aliphatic carbocycles. The first-order valence-electron chi connectivity index (χ1n) is 25.9. The number of allylic oxidation sites excluding steroid dienone is 3. The van der Waals surface area contributed by atoms with Crippen LogP contribution in [-0.4, -0.2) is 115 Å². The maximum Gasteiger partial charge on any atom is 0.336 e. The fraction of sp³-hybridized carbons (Fsp3) is 0.368. The average molecular weight is 1090 g/mol. The number of carbonyl (C=O) groups excluding carboxylic acids is 4. The highest BCUT2D eigenvalue weighted by molar-refractivity contribution is 6.21. The molecule has 1 unspecified atom stereocenters. The van der Waals surface area contributed by atoms with Crippen LogP contribution in [0, 0.1) is 0 Å². The number of nitrogens with one attached hydrogen (secondary N) is 5. The quantitative estimate of drug-likeness (QED) is 0.00687. The molecular weight excluding hydrogens is 1030 g/mol. The van der Waals surface area contributed by atoms with Crippen molar-refractivity contribution < 1.29 is 78.2 Å². The van der Waals surface area contributed by atoms with Gasteiger partial charge in [0, 0.05) is 65.9 Å². The largest absolute Gasteiger partial charge is 0.508 e. The molecule has 0 saturated heterocycles. The highest BCUT2D eigenvalue weighted by Crippen LogP contribution is 2.42. The fourth-order valence-electron chi connectivity index (χ4n) is 8.92. The van der Waals surface area contributed by atoms with E-state index in [2.05, 4.69) is 26.6 Å². The lowest BCUT2D eigenvalue weighted by Gasteiger charge is -2.18. The summed E-state index contributed by atoms with van der Waals surface area (Å²) in [6.07, 6.45) is 9.24. The maximum absolute atomic E-state index is 12.9. The normalized spacial score (nSPS) is 13.0. The van der Waals surface area contributed by atoms with Gasteiger partial charge in [0.05, 0.1) is 5.57 Å². The molecule has 22 nitrogen and oxygen atoms in total. The SMILES string of the molecule is C\C=C(/C(=C\C=C/CC(=O)NCCCCC(NC(=O)CCCCCCC(=O)NCCCC[C@H](NC(=O)N[C@@H](CCC(=O)O)C(=O)O)C(=O)O)C(=O)O)C(=O)O)c1c2ccc3cc(O)ccc3c2oc2c1ccc1cc(=O)ccc12. The van der Waals surface area contributed by atoms with Crippen LogP contribution in [0.25, 0.3) is 49.1 Å². The predicted octanol–water partition coefficient (Wildman–Crippen LogP) is 6.87. The molecule has 5 rings (SSSR count). The molecule has 3 atom stereocenters. The van der Waals surface area contributed by atoms with Crippen LogP contribution in [0.2, 0.25) is 0 Å². The molecule has 0 fully saturated rings. The Kier molecular flexibility index (Phi) is 23.1.